The average molecular weight is 320 g/mol. The number of aliphatic hydroxyl groups excluding tert-OH is 1. The zero-order valence-electron chi connectivity index (χ0n) is 9.71. The van der Waals surface area contributed by atoms with E-state index >= 15 is 0 Å². The largest absolute Gasteiger partial charge is 0.388 e. The Kier molecular flexibility index (Phi) is 4.69. The minimum atomic E-state index is -1.02. The normalized spacial score (nSPS) is 12.5. The van der Waals surface area contributed by atoms with E-state index in [1.165, 1.54) is 18.2 Å². The van der Waals surface area contributed by atoms with Crippen molar-refractivity contribution >= 4 is 34.8 Å². The standard InChI is InChI=1S/C14H10Cl3FO/c15-9-3-4-13(18)11(6-9)14(19)5-8-1-2-10(16)7-12(8)17/h1-4,6-7,14,19H,5H2. The molecule has 5 heteroatoms. The summed E-state index contributed by atoms with van der Waals surface area (Å²) in [6.45, 7) is 0. The Morgan fingerprint density at radius 3 is 2.32 bits per heavy atom. The van der Waals surface area contributed by atoms with Crippen molar-refractivity contribution in [2.24, 2.45) is 0 Å². The van der Waals surface area contributed by atoms with Gasteiger partial charge in [-0.1, -0.05) is 40.9 Å². The van der Waals surface area contributed by atoms with Gasteiger partial charge in [0.15, 0.2) is 0 Å². The number of halogens is 4. The first-order valence-corrected chi connectivity index (χ1v) is 6.67. The molecule has 100 valence electrons. The molecule has 0 aliphatic heterocycles. The fourth-order valence-corrected chi connectivity index (χ4v) is 2.44. The molecule has 0 saturated heterocycles. The Morgan fingerprint density at radius 1 is 1.00 bits per heavy atom. The average Bonchev–Trinajstić information content (AvgIpc) is 2.35. The van der Waals surface area contributed by atoms with Crippen LogP contribution in [0, 0.1) is 5.82 Å². The van der Waals surface area contributed by atoms with E-state index in [0.29, 0.717) is 20.6 Å². The molecule has 0 aromatic heterocycles. The highest BCUT2D eigenvalue weighted by Crippen LogP contribution is 2.28. The summed E-state index contributed by atoms with van der Waals surface area (Å²) in [7, 11) is 0. The monoisotopic (exact) mass is 318 g/mol. The van der Waals surface area contributed by atoms with E-state index in [-0.39, 0.29) is 12.0 Å². The van der Waals surface area contributed by atoms with Crippen molar-refractivity contribution in [3.8, 4) is 0 Å². The maximum absolute atomic E-state index is 13.6. The van der Waals surface area contributed by atoms with Crippen LogP contribution in [0.2, 0.25) is 15.1 Å². The first kappa shape index (κ1) is 14.6. The number of aliphatic hydroxyl groups is 1. The Morgan fingerprint density at radius 2 is 1.63 bits per heavy atom. The molecule has 2 aromatic rings. The minimum Gasteiger partial charge on any atom is -0.388 e. The summed E-state index contributed by atoms with van der Waals surface area (Å²) in [4.78, 5) is 0. The zero-order chi connectivity index (χ0) is 14.0. The molecule has 1 atom stereocenters. The molecule has 0 radical (unpaired) electrons. The molecular weight excluding hydrogens is 310 g/mol. The predicted octanol–water partition coefficient (Wildman–Crippen LogP) is 5.06. The lowest BCUT2D eigenvalue weighted by atomic mass is 10.0. The maximum Gasteiger partial charge on any atom is 0.129 e. The lowest BCUT2D eigenvalue weighted by molar-refractivity contribution is 0.173. The summed E-state index contributed by atoms with van der Waals surface area (Å²) in [6, 6.07) is 9.03. The van der Waals surface area contributed by atoms with Crippen molar-refractivity contribution in [3.63, 3.8) is 0 Å². The molecule has 0 heterocycles. The molecule has 0 spiro atoms. The minimum absolute atomic E-state index is 0.151. The van der Waals surface area contributed by atoms with Gasteiger partial charge in [0.1, 0.15) is 5.82 Å². The summed E-state index contributed by atoms with van der Waals surface area (Å²) in [5.41, 5.74) is 0.844. The number of hydrogen-bond donors (Lipinski definition) is 1. The number of benzene rings is 2. The van der Waals surface area contributed by atoms with Crippen LogP contribution in [-0.2, 0) is 6.42 Å². The van der Waals surface area contributed by atoms with Crippen LogP contribution in [0.3, 0.4) is 0 Å². The fraction of sp³-hybridized carbons (Fsp3) is 0.143. The Balaban J connectivity index is 2.25. The van der Waals surface area contributed by atoms with Gasteiger partial charge >= 0.3 is 0 Å². The second-order valence-corrected chi connectivity index (χ2v) is 5.40. The van der Waals surface area contributed by atoms with Crippen LogP contribution < -0.4 is 0 Å². The molecule has 0 aliphatic carbocycles. The first-order valence-electron chi connectivity index (χ1n) is 5.54. The predicted molar refractivity (Wildman–Crippen MR) is 76.5 cm³/mol. The van der Waals surface area contributed by atoms with Gasteiger partial charge in [-0.15, -0.1) is 0 Å². The Bertz CT molecular complexity index is 601. The van der Waals surface area contributed by atoms with Crippen LogP contribution in [0.15, 0.2) is 36.4 Å². The third-order valence-corrected chi connectivity index (χ3v) is 3.57. The molecule has 0 fully saturated rings. The molecule has 0 amide bonds. The molecule has 1 unspecified atom stereocenters. The quantitative estimate of drug-likeness (QED) is 0.838. The molecule has 1 N–H and O–H groups in total. The van der Waals surface area contributed by atoms with E-state index in [9.17, 15) is 9.50 Å². The van der Waals surface area contributed by atoms with Gasteiger partial charge in [-0.05, 0) is 35.9 Å². The van der Waals surface area contributed by atoms with Crippen LogP contribution in [0.5, 0.6) is 0 Å². The van der Waals surface area contributed by atoms with Crippen LogP contribution in [0.1, 0.15) is 17.2 Å². The Labute approximate surface area is 125 Å². The van der Waals surface area contributed by atoms with E-state index in [4.69, 9.17) is 34.8 Å². The van der Waals surface area contributed by atoms with Gasteiger partial charge in [0, 0.05) is 27.1 Å². The second kappa shape index (κ2) is 6.10. The third-order valence-electron chi connectivity index (χ3n) is 2.75. The van der Waals surface area contributed by atoms with Crippen molar-refractivity contribution in [1.29, 1.82) is 0 Å². The van der Waals surface area contributed by atoms with Gasteiger partial charge < -0.3 is 5.11 Å². The van der Waals surface area contributed by atoms with Gasteiger partial charge in [-0.25, -0.2) is 4.39 Å². The summed E-state index contributed by atoms with van der Waals surface area (Å²) < 4.78 is 13.6. The maximum atomic E-state index is 13.6. The second-order valence-electron chi connectivity index (χ2n) is 4.12. The smallest absolute Gasteiger partial charge is 0.129 e. The molecule has 0 saturated carbocycles. The van der Waals surface area contributed by atoms with Crippen molar-refractivity contribution in [1.82, 2.24) is 0 Å². The van der Waals surface area contributed by atoms with Crippen molar-refractivity contribution in [3.05, 3.63) is 68.4 Å². The molecular formula is C14H10Cl3FO. The first-order chi connectivity index (χ1) is 8.97. The topological polar surface area (TPSA) is 20.2 Å². The molecule has 19 heavy (non-hydrogen) atoms. The van der Waals surface area contributed by atoms with E-state index in [0.717, 1.165) is 0 Å². The summed E-state index contributed by atoms with van der Waals surface area (Å²) in [5, 5.41) is 11.4. The highest BCUT2D eigenvalue weighted by molar-refractivity contribution is 6.35. The van der Waals surface area contributed by atoms with E-state index in [1.807, 2.05) is 0 Å². The highest BCUT2D eigenvalue weighted by Gasteiger charge is 2.15. The molecule has 2 aromatic carbocycles. The van der Waals surface area contributed by atoms with Crippen LogP contribution in [0.25, 0.3) is 0 Å². The molecule has 0 aliphatic rings. The molecule has 1 nitrogen and oxygen atoms in total. The molecule has 0 bridgehead atoms. The Hall–Kier alpha value is -0.800. The summed E-state index contributed by atoms with van der Waals surface area (Å²) in [5.74, 6) is -0.498. The van der Waals surface area contributed by atoms with Crippen LogP contribution >= 0.6 is 34.8 Å². The lowest BCUT2D eigenvalue weighted by Gasteiger charge is -2.13. The van der Waals surface area contributed by atoms with Gasteiger partial charge in [0.05, 0.1) is 6.10 Å². The molecule has 2 rings (SSSR count). The van der Waals surface area contributed by atoms with Crippen molar-refractivity contribution in [2.45, 2.75) is 12.5 Å². The zero-order valence-corrected chi connectivity index (χ0v) is 12.0. The third kappa shape index (κ3) is 3.61. The van der Waals surface area contributed by atoms with E-state index in [1.54, 1.807) is 18.2 Å². The SMILES string of the molecule is OC(Cc1ccc(Cl)cc1Cl)c1cc(Cl)ccc1F. The summed E-state index contributed by atoms with van der Waals surface area (Å²) >= 11 is 17.6. The van der Waals surface area contributed by atoms with Gasteiger partial charge in [-0.3, -0.25) is 0 Å². The van der Waals surface area contributed by atoms with Crippen molar-refractivity contribution in [2.75, 3.05) is 0 Å². The number of rotatable bonds is 3. The lowest BCUT2D eigenvalue weighted by Crippen LogP contribution is -2.05. The van der Waals surface area contributed by atoms with E-state index < -0.39 is 11.9 Å². The fourth-order valence-electron chi connectivity index (χ4n) is 1.78. The van der Waals surface area contributed by atoms with Crippen LogP contribution in [-0.4, -0.2) is 5.11 Å². The highest BCUT2D eigenvalue weighted by atomic mass is 35.5. The van der Waals surface area contributed by atoms with E-state index in [2.05, 4.69) is 0 Å². The van der Waals surface area contributed by atoms with Gasteiger partial charge in [0.25, 0.3) is 0 Å². The van der Waals surface area contributed by atoms with Crippen molar-refractivity contribution < 1.29 is 9.50 Å². The number of hydrogen-bond acceptors (Lipinski definition) is 1. The summed E-state index contributed by atoms with van der Waals surface area (Å²) in [6.07, 6.45) is -0.829. The van der Waals surface area contributed by atoms with Gasteiger partial charge in [-0.2, -0.15) is 0 Å². The van der Waals surface area contributed by atoms with Gasteiger partial charge in [0.2, 0.25) is 0 Å². The van der Waals surface area contributed by atoms with Crippen LogP contribution in [0.4, 0.5) is 4.39 Å².